The molecule has 0 aromatic heterocycles. The monoisotopic (exact) mass is 368 g/mol. The molecular formula is C20H17ClN2O3. The van der Waals surface area contributed by atoms with Gasteiger partial charge in [0.15, 0.2) is 0 Å². The van der Waals surface area contributed by atoms with Crippen LogP contribution in [0.1, 0.15) is 35.2 Å². The number of fused-ring (bicyclic) bond motifs is 1. The number of carbonyl (C=O) groups excluding carboxylic acids is 3. The molecule has 6 heteroatoms. The van der Waals surface area contributed by atoms with E-state index < -0.39 is 0 Å². The molecular weight excluding hydrogens is 352 g/mol. The van der Waals surface area contributed by atoms with E-state index in [2.05, 4.69) is 0 Å². The van der Waals surface area contributed by atoms with Crippen molar-refractivity contribution in [3.63, 3.8) is 0 Å². The van der Waals surface area contributed by atoms with Crippen LogP contribution in [0.25, 0.3) is 0 Å². The molecule has 132 valence electrons. The van der Waals surface area contributed by atoms with E-state index in [1.54, 1.807) is 35.2 Å². The molecule has 2 aliphatic rings. The van der Waals surface area contributed by atoms with Crippen molar-refractivity contribution < 1.29 is 14.4 Å². The lowest BCUT2D eigenvalue weighted by molar-refractivity contribution is -0.121. The van der Waals surface area contributed by atoms with Gasteiger partial charge in [0.1, 0.15) is 0 Å². The number of anilines is 2. The van der Waals surface area contributed by atoms with Crippen LogP contribution in [0.15, 0.2) is 42.5 Å². The molecule has 0 unspecified atom stereocenters. The predicted octanol–water partition coefficient (Wildman–Crippen LogP) is 3.59. The highest BCUT2D eigenvalue weighted by Crippen LogP contribution is 2.31. The Morgan fingerprint density at radius 1 is 0.923 bits per heavy atom. The fourth-order valence-corrected chi connectivity index (χ4v) is 3.74. The number of carbonyl (C=O) groups is 3. The summed E-state index contributed by atoms with van der Waals surface area (Å²) in [5.74, 6) is -0.495. The van der Waals surface area contributed by atoms with Crippen LogP contribution in [0.5, 0.6) is 0 Å². The molecule has 0 saturated carbocycles. The third-order valence-corrected chi connectivity index (χ3v) is 5.06. The second-order valence-corrected chi connectivity index (χ2v) is 6.94. The van der Waals surface area contributed by atoms with Gasteiger partial charge in [-0.1, -0.05) is 11.6 Å². The molecule has 2 aliphatic heterocycles. The maximum atomic E-state index is 13.0. The minimum absolute atomic E-state index is 0.0982. The molecule has 4 rings (SSSR count). The van der Waals surface area contributed by atoms with E-state index in [0.717, 1.165) is 24.1 Å². The standard InChI is InChI=1S/C20H17ClN2O3/c21-15-5-8-17-14(12-15)2-1-11-22(17)20(26)13-3-6-16(7-4-13)23-18(24)9-10-19(23)25/h3-8,12H,1-2,9-11H2. The fourth-order valence-electron chi connectivity index (χ4n) is 3.55. The van der Waals surface area contributed by atoms with Crippen LogP contribution in [0, 0.1) is 0 Å². The summed E-state index contributed by atoms with van der Waals surface area (Å²) in [6.45, 7) is 0.651. The lowest BCUT2D eigenvalue weighted by Gasteiger charge is -2.29. The summed E-state index contributed by atoms with van der Waals surface area (Å²) < 4.78 is 0. The van der Waals surface area contributed by atoms with E-state index >= 15 is 0 Å². The minimum atomic E-state index is -0.198. The highest BCUT2D eigenvalue weighted by atomic mass is 35.5. The number of aryl methyl sites for hydroxylation is 1. The van der Waals surface area contributed by atoms with Crippen molar-refractivity contribution >= 4 is 40.7 Å². The average molecular weight is 369 g/mol. The Morgan fingerprint density at radius 2 is 1.62 bits per heavy atom. The zero-order chi connectivity index (χ0) is 18.3. The van der Waals surface area contributed by atoms with Gasteiger partial charge >= 0.3 is 0 Å². The molecule has 1 saturated heterocycles. The van der Waals surface area contributed by atoms with Gasteiger partial charge in [0.05, 0.1) is 5.69 Å². The molecule has 2 aromatic carbocycles. The van der Waals surface area contributed by atoms with Crippen molar-refractivity contribution in [3.05, 3.63) is 58.6 Å². The Morgan fingerprint density at radius 3 is 2.31 bits per heavy atom. The SMILES string of the molecule is O=C(c1ccc(N2C(=O)CCC2=O)cc1)N1CCCc2cc(Cl)ccc21. The lowest BCUT2D eigenvalue weighted by atomic mass is 10.0. The minimum Gasteiger partial charge on any atom is -0.308 e. The van der Waals surface area contributed by atoms with Crippen LogP contribution < -0.4 is 9.80 Å². The van der Waals surface area contributed by atoms with Gasteiger partial charge < -0.3 is 4.90 Å². The summed E-state index contributed by atoms with van der Waals surface area (Å²) in [6.07, 6.45) is 2.27. The zero-order valence-electron chi connectivity index (χ0n) is 14.1. The summed E-state index contributed by atoms with van der Waals surface area (Å²) in [4.78, 5) is 39.6. The average Bonchev–Trinajstić information content (AvgIpc) is 2.99. The Kier molecular flexibility index (Phi) is 4.24. The number of imide groups is 1. The lowest BCUT2D eigenvalue weighted by Crippen LogP contribution is -2.35. The normalized spacial score (nSPS) is 16.8. The molecule has 0 radical (unpaired) electrons. The molecule has 2 aromatic rings. The van der Waals surface area contributed by atoms with Gasteiger partial charge in [-0.3, -0.25) is 19.3 Å². The molecule has 0 atom stereocenters. The van der Waals surface area contributed by atoms with Gasteiger partial charge in [-0.2, -0.15) is 0 Å². The van der Waals surface area contributed by atoms with Crippen LogP contribution >= 0.6 is 11.6 Å². The quantitative estimate of drug-likeness (QED) is 0.761. The van der Waals surface area contributed by atoms with E-state index in [1.807, 2.05) is 12.1 Å². The van der Waals surface area contributed by atoms with Crippen LogP contribution in [0.2, 0.25) is 5.02 Å². The molecule has 1 fully saturated rings. The molecule has 0 aliphatic carbocycles. The third-order valence-electron chi connectivity index (χ3n) is 4.83. The largest absolute Gasteiger partial charge is 0.308 e. The van der Waals surface area contributed by atoms with Gasteiger partial charge in [0.25, 0.3) is 5.91 Å². The Hall–Kier alpha value is -2.66. The smallest absolute Gasteiger partial charge is 0.258 e. The molecule has 5 nitrogen and oxygen atoms in total. The van der Waals surface area contributed by atoms with E-state index in [-0.39, 0.29) is 30.6 Å². The number of rotatable bonds is 2. The van der Waals surface area contributed by atoms with E-state index in [0.29, 0.717) is 22.8 Å². The number of halogens is 1. The zero-order valence-corrected chi connectivity index (χ0v) is 14.8. The maximum Gasteiger partial charge on any atom is 0.258 e. The molecule has 0 N–H and O–H groups in total. The van der Waals surface area contributed by atoms with Crippen molar-refractivity contribution in [2.75, 3.05) is 16.3 Å². The van der Waals surface area contributed by atoms with Crippen LogP contribution in [0.4, 0.5) is 11.4 Å². The summed E-state index contributed by atoms with van der Waals surface area (Å²) in [5.41, 5.74) is 3.00. The Balaban J connectivity index is 1.60. The van der Waals surface area contributed by atoms with Gasteiger partial charge in [-0.15, -0.1) is 0 Å². The van der Waals surface area contributed by atoms with Gasteiger partial charge in [0.2, 0.25) is 11.8 Å². The highest BCUT2D eigenvalue weighted by Gasteiger charge is 2.30. The van der Waals surface area contributed by atoms with Gasteiger partial charge in [0, 0.05) is 35.7 Å². The summed E-state index contributed by atoms with van der Waals surface area (Å²) in [5, 5.41) is 0.669. The Labute approximate surface area is 156 Å². The van der Waals surface area contributed by atoms with E-state index in [4.69, 9.17) is 11.6 Å². The molecule has 3 amide bonds. The first kappa shape index (κ1) is 16.8. The first-order valence-electron chi connectivity index (χ1n) is 8.61. The fraction of sp³-hybridized carbons (Fsp3) is 0.250. The number of hydrogen-bond acceptors (Lipinski definition) is 3. The number of nitrogens with zero attached hydrogens (tertiary/aromatic N) is 2. The predicted molar refractivity (Wildman–Crippen MR) is 99.6 cm³/mol. The first-order valence-corrected chi connectivity index (χ1v) is 8.98. The number of hydrogen-bond donors (Lipinski definition) is 0. The van der Waals surface area contributed by atoms with E-state index in [9.17, 15) is 14.4 Å². The molecule has 26 heavy (non-hydrogen) atoms. The van der Waals surface area contributed by atoms with Gasteiger partial charge in [-0.25, -0.2) is 0 Å². The van der Waals surface area contributed by atoms with Crippen LogP contribution in [-0.2, 0) is 16.0 Å². The number of benzene rings is 2. The molecule has 0 spiro atoms. The summed E-state index contributed by atoms with van der Waals surface area (Å²) in [6, 6.07) is 12.2. The van der Waals surface area contributed by atoms with Crippen molar-refractivity contribution in [2.45, 2.75) is 25.7 Å². The van der Waals surface area contributed by atoms with Crippen molar-refractivity contribution in [1.82, 2.24) is 0 Å². The summed E-state index contributed by atoms with van der Waals surface area (Å²) >= 11 is 6.06. The van der Waals surface area contributed by atoms with E-state index in [1.165, 1.54) is 4.90 Å². The van der Waals surface area contributed by atoms with Crippen molar-refractivity contribution in [3.8, 4) is 0 Å². The molecule has 0 bridgehead atoms. The highest BCUT2D eigenvalue weighted by molar-refractivity contribution is 6.30. The third kappa shape index (κ3) is 2.88. The number of amides is 3. The first-order chi connectivity index (χ1) is 12.5. The second kappa shape index (κ2) is 6.57. The van der Waals surface area contributed by atoms with Crippen LogP contribution in [-0.4, -0.2) is 24.3 Å². The topological polar surface area (TPSA) is 57.7 Å². The van der Waals surface area contributed by atoms with Gasteiger partial charge in [-0.05, 0) is 60.9 Å². The van der Waals surface area contributed by atoms with Crippen molar-refractivity contribution in [1.29, 1.82) is 0 Å². The van der Waals surface area contributed by atoms with Crippen molar-refractivity contribution in [2.24, 2.45) is 0 Å². The second-order valence-electron chi connectivity index (χ2n) is 6.50. The Bertz CT molecular complexity index is 892. The maximum absolute atomic E-state index is 13.0. The van der Waals surface area contributed by atoms with Crippen LogP contribution in [0.3, 0.4) is 0 Å². The molecule has 2 heterocycles. The summed E-state index contributed by atoms with van der Waals surface area (Å²) in [7, 11) is 0.